The first-order valence-electron chi connectivity index (χ1n) is 6.42. The molecule has 0 aromatic heterocycles. The van der Waals surface area contributed by atoms with Gasteiger partial charge in [0.1, 0.15) is 5.75 Å². The number of aliphatic hydroxyl groups is 1. The van der Waals surface area contributed by atoms with Crippen LogP contribution < -0.4 is 10.1 Å². The topological polar surface area (TPSA) is 58.6 Å². The van der Waals surface area contributed by atoms with Gasteiger partial charge in [0, 0.05) is 16.1 Å². The standard InChI is InChI=1S/C14H18BrNO3/c1-8(17)12-6-3-10(15)7-13(12)19-9(2)14(18)16-11-4-5-11/h3,6-9,11,17H,4-5H2,1-2H3,(H,16,18)/t8-,9?/m1/s1. The third kappa shape index (κ3) is 3.94. The second-order valence-electron chi connectivity index (χ2n) is 4.90. The smallest absolute Gasteiger partial charge is 0.260 e. The van der Waals surface area contributed by atoms with Crippen LogP contribution in [0.5, 0.6) is 5.75 Å². The van der Waals surface area contributed by atoms with Crippen LogP contribution in [0.2, 0.25) is 0 Å². The molecule has 1 amide bonds. The van der Waals surface area contributed by atoms with E-state index in [0.717, 1.165) is 17.3 Å². The van der Waals surface area contributed by atoms with Gasteiger partial charge in [-0.3, -0.25) is 4.79 Å². The van der Waals surface area contributed by atoms with Gasteiger partial charge in [0.2, 0.25) is 0 Å². The van der Waals surface area contributed by atoms with E-state index in [2.05, 4.69) is 21.2 Å². The third-order valence-corrected chi connectivity index (χ3v) is 3.52. The Morgan fingerprint density at radius 1 is 1.47 bits per heavy atom. The molecule has 1 aliphatic carbocycles. The molecule has 1 aliphatic rings. The lowest BCUT2D eigenvalue weighted by Gasteiger charge is -2.18. The first-order chi connectivity index (χ1) is 8.97. The van der Waals surface area contributed by atoms with Gasteiger partial charge in [-0.2, -0.15) is 0 Å². The molecule has 2 N–H and O–H groups in total. The lowest BCUT2D eigenvalue weighted by atomic mass is 10.1. The van der Waals surface area contributed by atoms with Crippen LogP contribution in [0.4, 0.5) is 0 Å². The van der Waals surface area contributed by atoms with E-state index in [4.69, 9.17) is 4.74 Å². The van der Waals surface area contributed by atoms with Gasteiger partial charge in [-0.1, -0.05) is 22.0 Å². The third-order valence-electron chi connectivity index (χ3n) is 3.02. The van der Waals surface area contributed by atoms with Gasteiger partial charge in [-0.15, -0.1) is 0 Å². The average molecular weight is 328 g/mol. The minimum atomic E-state index is -0.637. The Morgan fingerprint density at radius 2 is 2.16 bits per heavy atom. The predicted molar refractivity (Wildman–Crippen MR) is 76.0 cm³/mol. The van der Waals surface area contributed by atoms with Crippen molar-refractivity contribution in [2.24, 2.45) is 0 Å². The maximum atomic E-state index is 11.9. The summed E-state index contributed by atoms with van der Waals surface area (Å²) in [6, 6.07) is 5.71. The molecule has 0 spiro atoms. The average Bonchev–Trinajstić information content (AvgIpc) is 3.12. The Bertz CT molecular complexity index is 472. The molecule has 0 saturated heterocycles. The van der Waals surface area contributed by atoms with Crippen molar-refractivity contribution >= 4 is 21.8 Å². The van der Waals surface area contributed by atoms with E-state index >= 15 is 0 Å². The first kappa shape index (κ1) is 14.3. The van der Waals surface area contributed by atoms with Gasteiger partial charge < -0.3 is 15.2 Å². The van der Waals surface area contributed by atoms with E-state index in [1.165, 1.54) is 0 Å². The molecule has 1 aromatic rings. The molecule has 1 fully saturated rings. The van der Waals surface area contributed by atoms with Crippen LogP contribution in [-0.2, 0) is 4.79 Å². The van der Waals surface area contributed by atoms with Crippen molar-refractivity contribution in [2.75, 3.05) is 0 Å². The molecule has 0 aliphatic heterocycles. The second-order valence-corrected chi connectivity index (χ2v) is 5.82. The van der Waals surface area contributed by atoms with E-state index in [0.29, 0.717) is 17.4 Å². The summed E-state index contributed by atoms with van der Waals surface area (Å²) in [6.45, 7) is 3.38. The van der Waals surface area contributed by atoms with Crippen molar-refractivity contribution in [3.05, 3.63) is 28.2 Å². The van der Waals surface area contributed by atoms with Crippen LogP contribution in [-0.4, -0.2) is 23.2 Å². The Morgan fingerprint density at radius 3 is 2.74 bits per heavy atom. The highest BCUT2D eigenvalue weighted by Crippen LogP contribution is 2.29. The molecule has 0 radical (unpaired) electrons. The fourth-order valence-corrected chi connectivity index (χ4v) is 2.09. The van der Waals surface area contributed by atoms with E-state index in [1.54, 1.807) is 26.0 Å². The van der Waals surface area contributed by atoms with Crippen molar-refractivity contribution in [1.82, 2.24) is 5.32 Å². The summed E-state index contributed by atoms with van der Waals surface area (Å²) >= 11 is 3.36. The molecule has 104 valence electrons. The fraction of sp³-hybridized carbons (Fsp3) is 0.500. The number of carbonyl (C=O) groups excluding carboxylic acids is 1. The molecule has 2 atom stereocenters. The van der Waals surface area contributed by atoms with Gasteiger partial charge in [0.05, 0.1) is 6.10 Å². The van der Waals surface area contributed by atoms with E-state index < -0.39 is 12.2 Å². The highest BCUT2D eigenvalue weighted by Gasteiger charge is 2.26. The molecule has 1 aromatic carbocycles. The summed E-state index contributed by atoms with van der Waals surface area (Å²) < 4.78 is 6.52. The number of nitrogens with one attached hydrogen (secondary N) is 1. The predicted octanol–water partition coefficient (Wildman–Crippen LogP) is 2.55. The Hall–Kier alpha value is -1.07. The van der Waals surface area contributed by atoms with Gasteiger partial charge in [0.15, 0.2) is 6.10 Å². The number of carbonyl (C=O) groups is 1. The number of rotatable bonds is 5. The van der Waals surface area contributed by atoms with Crippen LogP contribution in [0, 0.1) is 0 Å². The molecular formula is C14H18BrNO3. The Labute approximate surface area is 121 Å². The van der Waals surface area contributed by atoms with Crippen molar-refractivity contribution in [3.8, 4) is 5.75 Å². The zero-order valence-electron chi connectivity index (χ0n) is 11.0. The van der Waals surface area contributed by atoms with Gasteiger partial charge >= 0.3 is 0 Å². The molecule has 4 nitrogen and oxygen atoms in total. The number of amides is 1. The molecule has 19 heavy (non-hydrogen) atoms. The fourth-order valence-electron chi connectivity index (χ4n) is 1.75. The summed E-state index contributed by atoms with van der Waals surface area (Å²) in [5.41, 5.74) is 0.675. The highest BCUT2D eigenvalue weighted by atomic mass is 79.9. The zero-order valence-corrected chi connectivity index (χ0v) is 12.6. The van der Waals surface area contributed by atoms with Crippen LogP contribution in [0.3, 0.4) is 0 Å². The maximum absolute atomic E-state index is 11.9. The van der Waals surface area contributed by atoms with E-state index in [1.807, 2.05) is 6.07 Å². The number of ether oxygens (including phenoxy) is 1. The van der Waals surface area contributed by atoms with Gasteiger partial charge in [-0.05, 0) is 38.8 Å². The van der Waals surface area contributed by atoms with E-state index in [-0.39, 0.29) is 5.91 Å². The number of halogens is 1. The largest absolute Gasteiger partial charge is 0.480 e. The summed E-state index contributed by atoms with van der Waals surface area (Å²) in [5.74, 6) is 0.418. The van der Waals surface area contributed by atoms with Crippen molar-refractivity contribution in [1.29, 1.82) is 0 Å². The number of aliphatic hydroxyl groups excluding tert-OH is 1. The molecular weight excluding hydrogens is 310 g/mol. The number of hydrogen-bond donors (Lipinski definition) is 2. The second kappa shape index (κ2) is 5.92. The normalized spacial score (nSPS) is 17.7. The minimum Gasteiger partial charge on any atom is -0.480 e. The van der Waals surface area contributed by atoms with Gasteiger partial charge in [0.25, 0.3) is 5.91 Å². The number of benzene rings is 1. The highest BCUT2D eigenvalue weighted by molar-refractivity contribution is 9.10. The van der Waals surface area contributed by atoms with Crippen molar-refractivity contribution in [2.45, 2.75) is 44.9 Å². The molecule has 0 bridgehead atoms. The molecule has 1 saturated carbocycles. The van der Waals surface area contributed by atoms with Crippen LogP contribution >= 0.6 is 15.9 Å². The molecule has 0 heterocycles. The molecule has 1 unspecified atom stereocenters. The van der Waals surface area contributed by atoms with Crippen LogP contribution in [0.1, 0.15) is 38.4 Å². The van der Waals surface area contributed by atoms with Crippen LogP contribution in [0.15, 0.2) is 22.7 Å². The first-order valence-corrected chi connectivity index (χ1v) is 7.21. The lowest BCUT2D eigenvalue weighted by Crippen LogP contribution is -2.37. The quantitative estimate of drug-likeness (QED) is 0.873. The maximum Gasteiger partial charge on any atom is 0.260 e. The zero-order chi connectivity index (χ0) is 14.0. The Kier molecular flexibility index (Phi) is 4.47. The summed E-state index contributed by atoms with van der Waals surface area (Å²) in [6.07, 6.45) is 0.886. The summed E-state index contributed by atoms with van der Waals surface area (Å²) in [7, 11) is 0. The minimum absolute atomic E-state index is 0.112. The van der Waals surface area contributed by atoms with Crippen LogP contribution in [0.25, 0.3) is 0 Å². The van der Waals surface area contributed by atoms with Crippen molar-refractivity contribution < 1.29 is 14.6 Å². The monoisotopic (exact) mass is 327 g/mol. The lowest BCUT2D eigenvalue weighted by molar-refractivity contribution is -0.127. The molecule has 5 heteroatoms. The Balaban J connectivity index is 2.07. The van der Waals surface area contributed by atoms with Crippen molar-refractivity contribution in [3.63, 3.8) is 0 Å². The SMILES string of the molecule is CC(Oc1cc(Br)ccc1[C@@H](C)O)C(=O)NC1CC1. The number of hydrogen-bond acceptors (Lipinski definition) is 3. The summed E-state index contributed by atoms with van der Waals surface area (Å²) in [5, 5.41) is 12.6. The summed E-state index contributed by atoms with van der Waals surface area (Å²) in [4.78, 5) is 11.9. The molecule has 2 rings (SSSR count). The van der Waals surface area contributed by atoms with Gasteiger partial charge in [-0.25, -0.2) is 0 Å². The van der Waals surface area contributed by atoms with E-state index in [9.17, 15) is 9.90 Å².